The number of nitriles is 1. The standard InChI is InChI=1S/C20H16N4O4/c1-28-14-8-2-11(3-9-14)16-15(10-21)19(26)24-18(22)17(16)20(27)23-12-4-6-13(25)7-5-12/h2-9,25H,1H3,(H,23,27)(H3,22,24,26). The van der Waals surface area contributed by atoms with Crippen molar-refractivity contribution in [2.24, 2.45) is 0 Å². The van der Waals surface area contributed by atoms with E-state index in [-0.39, 0.29) is 28.3 Å². The summed E-state index contributed by atoms with van der Waals surface area (Å²) in [5.41, 5.74) is 5.98. The third kappa shape index (κ3) is 3.50. The van der Waals surface area contributed by atoms with Crippen LogP contribution in [-0.2, 0) is 0 Å². The second-order valence-electron chi connectivity index (χ2n) is 5.83. The number of ether oxygens (including phenoxy) is 1. The van der Waals surface area contributed by atoms with E-state index in [4.69, 9.17) is 10.5 Å². The Morgan fingerprint density at radius 2 is 1.82 bits per heavy atom. The van der Waals surface area contributed by atoms with Crippen molar-refractivity contribution in [3.05, 3.63) is 70.0 Å². The first-order chi connectivity index (χ1) is 13.4. The number of hydrogen-bond donors (Lipinski definition) is 4. The van der Waals surface area contributed by atoms with Gasteiger partial charge in [-0.1, -0.05) is 12.1 Å². The molecule has 0 atom stereocenters. The number of phenolic OH excluding ortho intramolecular Hbond substituents is 1. The summed E-state index contributed by atoms with van der Waals surface area (Å²) in [6.07, 6.45) is 0. The number of aromatic amines is 1. The molecule has 0 aliphatic heterocycles. The van der Waals surface area contributed by atoms with Crippen molar-refractivity contribution >= 4 is 17.4 Å². The molecule has 0 unspecified atom stereocenters. The molecule has 1 amide bonds. The molecule has 0 saturated heterocycles. The number of rotatable bonds is 4. The van der Waals surface area contributed by atoms with Crippen LogP contribution in [0.5, 0.6) is 11.5 Å². The number of methoxy groups -OCH3 is 1. The van der Waals surface area contributed by atoms with Crippen LogP contribution in [0.15, 0.2) is 53.3 Å². The van der Waals surface area contributed by atoms with Gasteiger partial charge in [-0.05, 0) is 42.0 Å². The first kappa shape index (κ1) is 18.5. The molecule has 0 aliphatic carbocycles. The van der Waals surface area contributed by atoms with Crippen LogP contribution in [0, 0.1) is 11.3 Å². The van der Waals surface area contributed by atoms with E-state index in [9.17, 15) is 20.0 Å². The van der Waals surface area contributed by atoms with Gasteiger partial charge in [-0.2, -0.15) is 5.26 Å². The van der Waals surface area contributed by atoms with Crippen molar-refractivity contribution < 1.29 is 14.6 Å². The monoisotopic (exact) mass is 376 g/mol. The van der Waals surface area contributed by atoms with Crippen molar-refractivity contribution in [3.63, 3.8) is 0 Å². The van der Waals surface area contributed by atoms with Gasteiger partial charge in [-0.15, -0.1) is 0 Å². The smallest absolute Gasteiger partial charge is 0.268 e. The molecule has 0 fully saturated rings. The predicted octanol–water partition coefficient (Wildman–Crippen LogP) is 2.46. The Hall–Kier alpha value is -4.25. The Kier molecular flexibility index (Phi) is 5.00. The van der Waals surface area contributed by atoms with Crippen molar-refractivity contribution in [1.82, 2.24) is 4.98 Å². The van der Waals surface area contributed by atoms with E-state index in [2.05, 4.69) is 10.3 Å². The van der Waals surface area contributed by atoms with Crippen molar-refractivity contribution in [1.29, 1.82) is 5.26 Å². The molecule has 1 aromatic heterocycles. The van der Waals surface area contributed by atoms with Crippen molar-refractivity contribution in [2.75, 3.05) is 18.2 Å². The molecule has 3 aromatic rings. The van der Waals surface area contributed by atoms with E-state index in [1.807, 2.05) is 6.07 Å². The molecule has 0 radical (unpaired) electrons. The first-order valence-electron chi connectivity index (χ1n) is 8.15. The number of phenols is 1. The maximum Gasteiger partial charge on any atom is 0.268 e. The minimum Gasteiger partial charge on any atom is -0.508 e. The minimum atomic E-state index is -0.688. The summed E-state index contributed by atoms with van der Waals surface area (Å²) in [4.78, 5) is 27.5. The van der Waals surface area contributed by atoms with Crippen molar-refractivity contribution in [3.8, 4) is 28.7 Å². The fourth-order valence-electron chi connectivity index (χ4n) is 2.75. The summed E-state index contributed by atoms with van der Waals surface area (Å²) in [5, 5.41) is 21.5. The number of aromatic hydroxyl groups is 1. The van der Waals surface area contributed by atoms with E-state index >= 15 is 0 Å². The van der Waals surface area contributed by atoms with E-state index in [0.29, 0.717) is 17.0 Å². The van der Waals surface area contributed by atoms with Crippen LogP contribution in [0.3, 0.4) is 0 Å². The largest absolute Gasteiger partial charge is 0.508 e. The van der Waals surface area contributed by atoms with Gasteiger partial charge in [0.05, 0.1) is 12.7 Å². The van der Waals surface area contributed by atoms with Gasteiger partial charge in [0.25, 0.3) is 11.5 Å². The fraction of sp³-hybridized carbons (Fsp3) is 0.0500. The predicted molar refractivity (Wildman–Crippen MR) is 104 cm³/mol. The van der Waals surface area contributed by atoms with Gasteiger partial charge in [0.2, 0.25) is 0 Å². The lowest BCUT2D eigenvalue weighted by molar-refractivity contribution is 0.102. The number of nitrogens with one attached hydrogen (secondary N) is 2. The fourth-order valence-corrected chi connectivity index (χ4v) is 2.75. The SMILES string of the molecule is COc1ccc(-c2c(C(=O)Nc3ccc(O)cc3)c(N)[nH]c(=O)c2C#N)cc1. The highest BCUT2D eigenvalue weighted by Gasteiger charge is 2.23. The number of carbonyl (C=O) groups is 1. The lowest BCUT2D eigenvalue weighted by atomic mass is 9.95. The highest BCUT2D eigenvalue weighted by Crippen LogP contribution is 2.30. The molecule has 0 bridgehead atoms. The van der Waals surface area contributed by atoms with Crippen LogP contribution >= 0.6 is 0 Å². The summed E-state index contributed by atoms with van der Waals surface area (Å²) in [6, 6.07) is 14.2. The van der Waals surface area contributed by atoms with Gasteiger partial charge < -0.3 is 25.9 Å². The molecule has 5 N–H and O–H groups in total. The second-order valence-corrected chi connectivity index (χ2v) is 5.83. The number of anilines is 2. The van der Waals surface area contributed by atoms with Crippen LogP contribution in [0.25, 0.3) is 11.1 Å². The van der Waals surface area contributed by atoms with E-state index in [0.717, 1.165) is 0 Å². The molecule has 140 valence electrons. The molecule has 8 heteroatoms. The highest BCUT2D eigenvalue weighted by molar-refractivity contribution is 6.12. The zero-order chi connectivity index (χ0) is 20.3. The number of nitrogen functional groups attached to an aromatic ring is 1. The van der Waals surface area contributed by atoms with Crippen LogP contribution in [-0.4, -0.2) is 23.1 Å². The summed E-state index contributed by atoms with van der Waals surface area (Å²) in [6.45, 7) is 0. The number of nitrogens with zero attached hydrogens (tertiary/aromatic N) is 1. The molecule has 0 aliphatic rings. The molecular formula is C20H16N4O4. The molecule has 2 aromatic carbocycles. The van der Waals surface area contributed by atoms with Crippen LogP contribution in [0.4, 0.5) is 11.5 Å². The number of carbonyl (C=O) groups excluding carboxylic acids is 1. The second kappa shape index (κ2) is 7.55. The summed E-state index contributed by atoms with van der Waals surface area (Å²) in [7, 11) is 1.51. The summed E-state index contributed by atoms with van der Waals surface area (Å²) < 4.78 is 5.12. The van der Waals surface area contributed by atoms with Crippen molar-refractivity contribution in [2.45, 2.75) is 0 Å². The number of benzene rings is 2. The average molecular weight is 376 g/mol. The summed E-state index contributed by atoms with van der Waals surface area (Å²) >= 11 is 0. The Bertz CT molecular complexity index is 1130. The average Bonchev–Trinajstić information content (AvgIpc) is 2.69. The number of pyridine rings is 1. The van der Waals surface area contributed by atoms with Crippen LogP contribution in [0.1, 0.15) is 15.9 Å². The highest BCUT2D eigenvalue weighted by atomic mass is 16.5. The van der Waals surface area contributed by atoms with Gasteiger partial charge in [0, 0.05) is 11.3 Å². The lowest BCUT2D eigenvalue weighted by Crippen LogP contribution is -2.23. The maximum absolute atomic E-state index is 12.9. The number of aromatic nitrogens is 1. The molecule has 8 nitrogen and oxygen atoms in total. The molecule has 0 saturated carbocycles. The van der Waals surface area contributed by atoms with Crippen LogP contribution in [0.2, 0.25) is 0 Å². The molecule has 3 rings (SSSR count). The Balaban J connectivity index is 2.16. The van der Waals surface area contributed by atoms with Gasteiger partial charge in [-0.25, -0.2) is 0 Å². The van der Waals surface area contributed by atoms with E-state index in [1.165, 1.54) is 31.4 Å². The number of amides is 1. The molecule has 0 spiro atoms. The third-order valence-corrected chi connectivity index (χ3v) is 4.09. The molecular weight excluding hydrogens is 360 g/mol. The topological polar surface area (TPSA) is 141 Å². The Labute approximate surface area is 159 Å². The number of hydrogen-bond acceptors (Lipinski definition) is 6. The third-order valence-electron chi connectivity index (χ3n) is 4.09. The van der Waals surface area contributed by atoms with Gasteiger partial charge in [0.15, 0.2) is 0 Å². The zero-order valence-electron chi connectivity index (χ0n) is 14.8. The first-order valence-corrected chi connectivity index (χ1v) is 8.15. The Morgan fingerprint density at radius 1 is 1.18 bits per heavy atom. The van der Waals surface area contributed by atoms with Gasteiger partial charge in [-0.3, -0.25) is 9.59 Å². The van der Waals surface area contributed by atoms with Gasteiger partial charge in [0.1, 0.15) is 28.9 Å². The normalized spacial score (nSPS) is 10.1. The van der Waals surface area contributed by atoms with Crippen LogP contribution < -0.4 is 21.3 Å². The lowest BCUT2D eigenvalue weighted by Gasteiger charge is -2.14. The number of H-pyrrole nitrogens is 1. The summed E-state index contributed by atoms with van der Waals surface area (Å²) in [5.74, 6) is -0.143. The maximum atomic E-state index is 12.9. The van der Waals surface area contributed by atoms with E-state index < -0.39 is 11.5 Å². The Morgan fingerprint density at radius 3 is 2.39 bits per heavy atom. The number of nitrogens with two attached hydrogens (primary N) is 1. The van der Waals surface area contributed by atoms with E-state index in [1.54, 1.807) is 24.3 Å². The molecule has 1 heterocycles. The quantitative estimate of drug-likeness (QED) is 0.515. The van der Waals surface area contributed by atoms with Gasteiger partial charge >= 0.3 is 0 Å². The zero-order valence-corrected chi connectivity index (χ0v) is 14.8. The molecule has 28 heavy (non-hydrogen) atoms. The minimum absolute atomic E-state index is 0.0330.